The molecule has 2 aliphatic heterocycles. The van der Waals surface area contributed by atoms with Crippen molar-refractivity contribution in [1.82, 2.24) is 19.8 Å². The summed E-state index contributed by atoms with van der Waals surface area (Å²) in [5.74, 6) is 1.47. The molecule has 1 N–H and O–H groups in total. The van der Waals surface area contributed by atoms with Crippen molar-refractivity contribution < 1.29 is 9.53 Å². The standard InChI is InChI=1S/C18H29N5O2/c1-2-15-13-23(14-16(15)22-9-11-25-12-10-22)17(24)5-3-6-19-18-20-7-4-8-21-18/h4,7-8,15-16H,2-3,5-6,9-14H2,1H3,(H,19,20,21)/t15-,16+/m1/s1. The van der Waals surface area contributed by atoms with E-state index >= 15 is 0 Å². The predicted molar refractivity (Wildman–Crippen MR) is 96.3 cm³/mol. The molecule has 0 saturated carbocycles. The van der Waals surface area contributed by atoms with Crippen molar-refractivity contribution in [3.63, 3.8) is 0 Å². The van der Waals surface area contributed by atoms with E-state index < -0.39 is 0 Å². The predicted octanol–water partition coefficient (Wildman–Crippen LogP) is 1.24. The summed E-state index contributed by atoms with van der Waals surface area (Å²) in [7, 11) is 0. The number of hydrogen-bond donors (Lipinski definition) is 1. The summed E-state index contributed by atoms with van der Waals surface area (Å²) >= 11 is 0. The van der Waals surface area contributed by atoms with E-state index in [0.29, 0.717) is 30.9 Å². The Kier molecular flexibility index (Phi) is 6.58. The summed E-state index contributed by atoms with van der Waals surface area (Å²) in [4.78, 5) is 25.4. The van der Waals surface area contributed by atoms with Gasteiger partial charge in [0.05, 0.1) is 13.2 Å². The fourth-order valence-electron chi connectivity index (χ4n) is 3.77. The Morgan fingerprint density at radius 2 is 2.04 bits per heavy atom. The van der Waals surface area contributed by atoms with E-state index in [-0.39, 0.29) is 5.91 Å². The molecule has 0 radical (unpaired) electrons. The minimum Gasteiger partial charge on any atom is -0.379 e. The van der Waals surface area contributed by atoms with Crippen molar-refractivity contribution in [3.8, 4) is 0 Å². The number of carbonyl (C=O) groups is 1. The van der Waals surface area contributed by atoms with E-state index in [9.17, 15) is 4.79 Å². The first-order chi connectivity index (χ1) is 12.3. The zero-order valence-electron chi connectivity index (χ0n) is 15.1. The highest BCUT2D eigenvalue weighted by Gasteiger charge is 2.37. The fourth-order valence-corrected chi connectivity index (χ4v) is 3.77. The molecule has 1 amide bonds. The number of anilines is 1. The highest BCUT2D eigenvalue weighted by molar-refractivity contribution is 5.76. The van der Waals surface area contributed by atoms with Gasteiger partial charge in [-0.25, -0.2) is 9.97 Å². The molecule has 0 spiro atoms. The van der Waals surface area contributed by atoms with Gasteiger partial charge >= 0.3 is 0 Å². The van der Waals surface area contributed by atoms with Crippen molar-refractivity contribution in [2.75, 3.05) is 51.3 Å². The van der Waals surface area contributed by atoms with Gasteiger partial charge in [-0.05, 0) is 18.4 Å². The van der Waals surface area contributed by atoms with Gasteiger partial charge in [-0.3, -0.25) is 9.69 Å². The number of morpholine rings is 1. The maximum absolute atomic E-state index is 12.6. The zero-order chi connectivity index (χ0) is 17.5. The van der Waals surface area contributed by atoms with Gasteiger partial charge in [0.2, 0.25) is 11.9 Å². The highest BCUT2D eigenvalue weighted by Crippen LogP contribution is 2.26. The molecule has 1 aromatic rings. The highest BCUT2D eigenvalue weighted by atomic mass is 16.5. The monoisotopic (exact) mass is 347 g/mol. The Morgan fingerprint density at radius 1 is 1.28 bits per heavy atom. The molecule has 0 bridgehead atoms. The molecule has 2 saturated heterocycles. The van der Waals surface area contributed by atoms with Crippen LogP contribution in [0.5, 0.6) is 0 Å². The minimum atomic E-state index is 0.269. The maximum Gasteiger partial charge on any atom is 0.222 e. The average Bonchev–Trinajstić information content (AvgIpc) is 3.11. The van der Waals surface area contributed by atoms with Crippen LogP contribution in [0.3, 0.4) is 0 Å². The van der Waals surface area contributed by atoms with Crippen LogP contribution < -0.4 is 5.32 Å². The van der Waals surface area contributed by atoms with Crippen molar-refractivity contribution in [2.45, 2.75) is 32.2 Å². The Balaban J connectivity index is 1.42. The lowest BCUT2D eigenvalue weighted by Gasteiger charge is -2.34. The lowest BCUT2D eigenvalue weighted by atomic mass is 9.99. The van der Waals surface area contributed by atoms with Gasteiger partial charge in [-0.15, -0.1) is 0 Å². The molecule has 3 rings (SSSR count). The molecule has 138 valence electrons. The van der Waals surface area contributed by atoms with Gasteiger partial charge in [-0.2, -0.15) is 0 Å². The van der Waals surface area contributed by atoms with Crippen LogP contribution in [0.25, 0.3) is 0 Å². The maximum atomic E-state index is 12.6. The van der Waals surface area contributed by atoms with Crippen LogP contribution in [0.4, 0.5) is 5.95 Å². The molecule has 3 heterocycles. The summed E-state index contributed by atoms with van der Waals surface area (Å²) in [6.07, 6.45) is 5.92. The van der Waals surface area contributed by atoms with Gasteiger partial charge in [0.25, 0.3) is 0 Å². The smallest absolute Gasteiger partial charge is 0.222 e. The second-order valence-electron chi connectivity index (χ2n) is 6.79. The van der Waals surface area contributed by atoms with Crippen molar-refractivity contribution in [2.24, 2.45) is 5.92 Å². The van der Waals surface area contributed by atoms with Crippen LogP contribution in [0.15, 0.2) is 18.5 Å². The number of nitrogens with zero attached hydrogens (tertiary/aromatic N) is 4. The molecule has 2 aliphatic rings. The van der Waals surface area contributed by atoms with Crippen LogP contribution in [-0.4, -0.2) is 77.7 Å². The van der Waals surface area contributed by atoms with Gasteiger partial charge in [-0.1, -0.05) is 13.3 Å². The number of ether oxygens (including phenoxy) is 1. The molecule has 7 nitrogen and oxygen atoms in total. The number of likely N-dealkylation sites (tertiary alicyclic amines) is 1. The second-order valence-corrected chi connectivity index (χ2v) is 6.79. The van der Waals surface area contributed by atoms with E-state index in [1.165, 1.54) is 0 Å². The van der Waals surface area contributed by atoms with E-state index in [2.05, 4.69) is 32.0 Å². The summed E-state index contributed by atoms with van der Waals surface area (Å²) in [6, 6.07) is 2.28. The molecule has 0 aromatic carbocycles. The van der Waals surface area contributed by atoms with Crippen molar-refractivity contribution >= 4 is 11.9 Å². The molecular weight excluding hydrogens is 318 g/mol. The minimum absolute atomic E-state index is 0.269. The Bertz CT molecular complexity index is 536. The van der Waals surface area contributed by atoms with Gasteiger partial charge in [0.1, 0.15) is 0 Å². The molecule has 2 fully saturated rings. The molecular formula is C18H29N5O2. The number of hydrogen-bond acceptors (Lipinski definition) is 6. The summed E-state index contributed by atoms with van der Waals surface area (Å²) in [5.41, 5.74) is 0. The number of aromatic nitrogens is 2. The molecule has 2 atom stereocenters. The number of rotatable bonds is 7. The number of amides is 1. The molecule has 0 unspecified atom stereocenters. The SMILES string of the molecule is CC[C@@H]1CN(C(=O)CCCNc2ncccn2)C[C@@H]1N1CCOCC1. The van der Waals surface area contributed by atoms with E-state index in [1.54, 1.807) is 18.5 Å². The van der Waals surface area contributed by atoms with Crippen LogP contribution in [-0.2, 0) is 9.53 Å². The van der Waals surface area contributed by atoms with Gasteiger partial charge < -0.3 is 15.0 Å². The first-order valence-electron chi connectivity index (χ1n) is 9.38. The number of carbonyl (C=O) groups excluding carboxylic acids is 1. The first-order valence-corrected chi connectivity index (χ1v) is 9.38. The average molecular weight is 347 g/mol. The normalized spacial score (nSPS) is 24.4. The largest absolute Gasteiger partial charge is 0.379 e. The third-order valence-electron chi connectivity index (χ3n) is 5.21. The molecule has 1 aromatic heterocycles. The van der Waals surface area contributed by atoms with Crippen LogP contribution in [0.1, 0.15) is 26.2 Å². The van der Waals surface area contributed by atoms with Gasteiger partial charge in [0, 0.05) is 57.6 Å². The summed E-state index contributed by atoms with van der Waals surface area (Å²) in [5, 5.41) is 3.16. The Hall–Kier alpha value is -1.73. The summed E-state index contributed by atoms with van der Waals surface area (Å²) < 4.78 is 5.47. The molecule has 7 heteroatoms. The topological polar surface area (TPSA) is 70.6 Å². The van der Waals surface area contributed by atoms with Crippen LogP contribution in [0.2, 0.25) is 0 Å². The van der Waals surface area contributed by atoms with Crippen LogP contribution >= 0.6 is 0 Å². The Labute approximate surface area is 149 Å². The van der Waals surface area contributed by atoms with E-state index in [0.717, 1.165) is 52.2 Å². The lowest BCUT2D eigenvalue weighted by Crippen LogP contribution is -2.47. The molecule has 25 heavy (non-hydrogen) atoms. The summed E-state index contributed by atoms with van der Waals surface area (Å²) in [6.45, 7) is 8.32. The third-order valence-corrected chi connectivity index (χ3v) is 5.21. The van der Waals surface area contributed by atoms with E-state index in [1.807, 2.05) is 0 Å². The lowest BCUT2D eigenvalue weighted by molar-refractivity contribution is -0.130. The Morgan fingerprint density at radius 3 is 2.76 bits per heavy atom. The van der Waals surface area contributed by atoms with Crippen LogP contribution in [0, 0.1) is 5.92 Å². The fraction of sp³-hybridized carbons (Fsp3) is 0.722. The second kappa shape index (κ2) is 9.10. The quantitative estimate of drug-likeness (QED) is 0.749. The third kappa shape index (κ3) is 4.89. The van der Waals surface area contributed by atoms with E-state index in [4.69, 9.17) is 4.74 Å². The van der Waals surface area contributed by atoms with Gasteiger partial charge in [0.15, 0.2) is 0 Å². The van der Waals surface area contributed by atoms with Crippen molar-refractivity contribution in [1.29, 1.82) is 0 Å². The molecule has 0 aliphatic carbocycles. The first kappa shape index (κ1) is 18.1. The number of nitrogens with one attached hydrogen (secondary N) is 1. The van der Waals surface area contributed by atoms with Crippen molar-refractivity contribution in [3.05, 3.63) is 18.5 Å². The zero-order valence-corrected chi connectivity index (χ0v) is 15.1.